The molecule has 0 N–H and O–H groups in total. The van der Waals surface area contributed by atoms with E-state index < -0.39 is 20.8 Å². The lowest BCUT2D eigenvalue weighted by Gasteiger charge is -2.09. The van der Waals surface area contributed by atoms with Crippen molar-refractivity contribution in [1.29, 1.82) is 0 Å². The average molecular weight is 352 g/mol. The van der Waals surface area contributed by atoms with Crippen molar-refractivity contribution in [2.75, 3.05) is 0 Å². The smallest absolute Gasteiger partial charge is 0.417 e. The fourth-order valence-corrected chi connectivity index (χ4v) is 2.88. The van der Waals surface area contributed by atoms with Gasteiger partial charge in [-0.05, 0) is 36.8 Å². The van der Waals surface area contributed by atoms with Crippen LogP contribution in [0.3, 0.4) is 0 Å². The van der Waals surface area contributed by atoms with Gasteiger partial charge in [-0.3, -0.25) is 0 Å². The van der Waals surface area contributed by atoms with Crippen molar-refractivity contribution in [3.05, 3.63) is 47.7 Å². The molecule has 1 heterocycles. The number of ether oxygens (including phenoxy) is 1. The van der Waals surface area contributed by atoms with E-state index in [4.69, 9.17) is 15.4 Å². The van der Waals surface area contributed by atoms with Crippen LogP contribution in [0.4, 0.5) is 13.2 Å². The van der Waals surface area contributed by atoms with E-state index in [1.807, 2.05) is 0 Å². The van der Waals surface area contributed by atoms with E-state index in [1.165, 1.54) is 25.1 Å². The standard InChI is InChI=1S/C13H9ClF3NO3S/c1-8-6-10(3-4-11(8)22(14,19)20)21-12-5-2-9(7-18-12)13(15,16)17/h2-7H,1H3. The second-order valence-electron chi connectivity index (χ2n) is 4.35. The normalized spacial score (nSPS) is 12.2. The Morgan fingerprint density at radius 1 is 1.18 bits per heavy atom. The molecule has 22 heavy (non-hydrogen) atoms. The summed E-state index contributed by atoms with van der Waals surface area (Å²) in [5.74, 6) is 0.183. The summed E-state index contributed by atoms with van der Waals surface area (Å²) >= 11 is 0. The van der Waals surface area contributed by atoms with Gasteiger partial charge in [0, 0.05) is 22.9 Å². The molecule has 1 aromatic carbocycles. The molecule has 0 aliphatic rings. The van der Waals surface area contributed by atoms with Gasteiger partial charge in [0.1, 0.15) is 5.75 Å². The Kier molecular flexibility index (Phi) is 4.35. The predicted octanol–water partition coefficient (Wildman–Crippen LogP) is 4.13. The zero-order valence-electron chi connectivity index (χ0n) is 11.1. The maximum absolute atomic E-state index is 12.4. The molecule has 0 saturated heterocycles. The average Bonchev–Trinajstić information content (AvgIpc) is 2.36. The second kappa shape index (κ2) is 5.77. The summed E-state index contributed by atoms with van der Waals surface area (Å²) in [4.78, 5) is 3.49. The van der Waals surface area contributed by atoms with Crippen molar-refractivity contribution in [2.45, 2.75) is 18.0 Å². The van der Waals surface area contributed by atoms with Crippen molar-refractivity contribution < 1.29 is 26.3 Å². The first-order chi connectivity index (χ1) is 10.1. The molecule has 0 radical (unpaired) electrons. The minimum atomic E-state index is -4.47. The molecule has 0 amide bonds. The first-order valence-corrected chi connectivity index (χ1v) is 8.15. The Morgan fingerprint density at radius 3 is 2.32 bits per heavy atom. The Bertz CT molecular complexity index is 789. The number of hydrogen-bond acceptors (Lipinski definition) is 4. The van der Waals surface area contributed by atoms with Gasteiger partial charge < -0.3 is 4.74 Å². The van der Waals surface area contributed by atoms with Crippen LogP contribution in [-0.2, 0) is 15.2 Å². The molecule has 0 aliphatic carbocycles. The zero-order chi connectivity index (χ0) is 16.5. The molecule has 0 atom stereocenters. The maximum Gasteiger partial charge on any atom is 0.417 e. The van der Waals surface area contributed by atoms with Crippen LogP contribution in [0.5, 0.6) is 11.6 Å². The van der Waals surface area contributed by atoms with Gasteiger partial charge in [0.05, 0.1) is 10.5 Å². The van der Waals surface area contributed by atoms with Gasteiger partial charge in [-0.25, -0.2) is 13.4 Å². The summed E-state index contributed by atoms with van der Waals surface area (Å²) < 4.78 is 65.0. The van der Waals surface area contributed by atoms with Gasteiger partial charge in [0.2, 0.25) is 5.88 Å². The highest BCUT2D eigenvalue weighted by atomic mass is 35.7. The molecule has 0 saturated carbocycles. The zero-order valence-corrected chi connectivity index (χ0v) is 12.6. The molecule has 0 aliphatic heterocycles. The molecule has 9 heteroatoms. The number of alkyl halides is 3. The summed E-state index contributed by atoms with van der Waals surface area (Å²) in [7, 11) is 1.38. The topological polar surface area (TPSA) is 56.3 Å². The molecule has 0 unspecified atom stereocenters. The maximum atomic E-state index is 12.4. The predicted molar refractivity (Wildman–Crippen MR) is 73.5 cm³/mol. The fraction of sp³-hybridized carbons (Fsp3) is 0.154. The van der Waals surface area contributed by atoms with E-state index in [2.05, 4.69) is 4.98 Å². The van der Waals surface area contributed by atoms with Crippen LogP contribution in [-0.4, -0.2) is 13.4 Å². The van der Waals surface area contributed by atoms with E-state index in [-0.39, 0.29) is 16.5 Å². The molecule has 118 valence electrons. The third-order valence-corrected chi connectivity index (χ3v) is 4.18. The van der Waals surface area contributed by atoms with Crippen LogP contribution in [0.15, 0.2) is 41.4 Å². The molecule has 0 bridgehead atoms. The Hall–Kier alpha value is -1.80. The van der Waals surface area contributed by atoms with Crippen molar-refractivity contribution >= 4 is 19.7 Å². The van der Waals surface area contributed by atoms with Gasteiger partial charge in [0.15, 0.2) is 0 Å². The summed E-state index contributed by atoms with van der Waals surface area (Å²) in [5, 5.41) is 0. The highest BCUT2D eigenvalue weighted by Gasteiger charge is 2.30. The van der Waals surface area contributed by atoms with Gasteiger partial charge in [-0.15, -0.1) is 0 Å². The summed E-state index contributed by atoms with van der Waals surface area (Å²) in [5.41, 5.74) is -0.543. The van der Waals surface area contributed by atoms with Crippen molar-refractivity contribution in [2.24, 2.45) is 0 Å². The third-order valence-electron chi connectivity index (χ3n) is 2.70. The van der Waals surface area contributed by atoms with Gasteiger partial charge in [-0.1, -0.05) is 0 Å². The minimum absolute atomic E-state index is 0.0473. The Balaban J connectivity index is 2.23. The van der Waals surface area contributed by atoms with Crippen molar-refractivity contribution in [3.8, 4) is 11.6 Å². The van der Waals surface area contributed by atoms with E-state index in [1.54, 1.807) is 0 Å². The Morgan fingerprint density at radius 2 is 1.86 bits per heavy atom. The molecular weight excluding hydrogens is 343 g/mol. The Labute approximate surface area is 128 Å². The van der Waals surface area contributed by atoms with Gasteiger partial charge in [-0.2, -0.15) is 13.2 Å². The first kappa shape index (κ1) is 16.6. The van der Waals surface area contributed by atoms with E-state index >= 15 is 0 Å². The summed E-state index contributed by atoms with van der Waals surface area (Å²) in [6.45, 7) is 1.52. The number of rotatable bonds is 3. The number of aromatic nitrogens is 1. The van der Waals surface area contributed by atoms with Gasteiger partial charge >= 0.3 is 6.18 Å². The number of aryl methyl sites for hydroxylation is 1. The number of pyridine rings is 1. The van der Waals surface area contributed by atoms with Crippen LogP contribution >= 0.6 is 10.7 Å². The minimum Gasteiger partial charge on any atom is -0.439 e. The fourth-order valence-electron chi connectivity index (χ4n) is 1.69. The second-order valence-corrected chi connectivity index (χ2v) is 6.88. The monoisotopic (exact) mass is 351 g/mol. The summed E-state index contributed by atoms with van der Waals surface area (Å²) in [6.07, 6.45) is -3.82. The molecule has 1 aromatic heterocycles. The lowest BCUT2D eigenvalue weighted by Crippen LogP contribution is -2.05. The highest BCUT2D eigenvalue weighted by Crippen LogP contribution is 2.31. The number of hydrogen-bond donors (Lipinski definition) is 0. The largest absolute Gasteiger partial charge is 0.439 e. The number of benzene rings is 1. The number of halogens is 4. The lowest BCUT2D eigenvalue weighted by molar-refractivity contribution is -0.137. The van der Waals surface area contributed by atoms with Crippen LogP contribution in [0.25, 0.3) is 0 Å². The van der Waals surface area contributed by atoms with E-state index in [9.17, 15) is 21.6 Å². The molecule has 2 rings (SSSR count). The molecule has 0 fully saturated rings. The first-order valence-electron chi connectivity index (χ1n) is 5.84. The van der Waals surface area contributed by atoms with Crippen LogP contribution in [0.2, 0.25) is 0 Å². The lowest BCUT2D eigenvalue weighted by atomic mass is 10.2. The van der Waals surface area contributed by atoms with Crippen molar-refractivity contribution in [1.82, 2.24) is 4.98 Å². The molecule has 4 nitrogen and oxygen atoms in total. The van der Waals surface area contributed by atoms with Crippen LogP contribution in [0.1, 0.15) is 11.1 Å². The van der Waals surface area contributed by atoms with Crippen molar-refractivity contribution in [3.63, 3.8) is 0 Å². The van der Waals surface area contributed by atoms with E-state index in [0.717, 1.165) is 12.1 Å². The van der Waals surface area contributed by atoms with Crippen LogP contribution in [0, 0.1) is 6.92 Å². The molecule has 0 spiro atoms. The SMILES string of the molecule is Cc1cc(Oc2ccc(C(F)(F)F)cn2)ccc1S(=O)(=O)Cl. The molecular formula is C13H9ClF3NO3S. The summed E-state index contributed by atoms with van der Waals surface area (Å²) in [6, 6.07) is 5.89. The van der Waals surface area contributed by atoms with Crippen LogP contribution < -0.4 is 4.74 Å². The third kappa shape index (κ3) is 3.89. The van der Waals surface area contributed by atoms with E-state index in [0.29, 0.717) is 11.8 Å². The molecule has 2 aromatic rings. The highest BCUT2D eigenvalue weighted by molar-refractivity contribution is 8.13. The quantitative estimate of drug-likeness (QED) is 0.780. The van der Waals surface area contributed by atoms with Gasteiger partial charge in [0.25, 0.3) is 9.05 Å². The number of nitrogens with zero attached hydrogens (tertiary/aromatic N) is 1.